The molecule has 17 heavy (non-hydrogen) atoms. The summed E-state index contributed by atoms with van der Waals surface area (Å²) >= 11 is 5.43. The van der Waals surface area contributed by atoms with Gasteiger partial charge in [-0.2, -0.15) is 0 Å². The van der Waals surface area contributed by atoms with Crippen molar-refractivity contribution in [1.29, 1.82) is 0 Å². The summed E-state index contributed by atoms with van der Waals surface area (Å²) < 4.78 is 23.4. The summed E-state index contributed by atoms with van der Waals surface area (Å²) in [6.45, 7) is 5.56. The third-order valence-corrected chi connectivity index (χ3v) is 3.95. The van der Waals surface area contributed by atoms with Crippen molar-refractivity contribution in [2.45, 2.75) is 31.6 Å². The number of aryl methyl sites for hydroxylation is 1. The molecule has 0 aliphatic carbocycles. The maximum atomic E-state index is 11.7. The molecule has 0 bridgehead atoms. The molecule has 0 unspecified atom stereocenters. The van der Waals surface area contributed by atoms with Gasteiger partial charge in [0, 0.05) is 11.8 Å². The van der Waals surface area contributed by atoms with Crippen molar-refractivity contribution in [3.63, 3.8) is 0 Å². The summed E-state index contributed by atoms with van der Waals surface area (Å²) in [5.74, 6) is 0.0675. The van der Waals surface area contributed by atoms with Gasteiger partial charge in [0.1, 0.15) is 0 Å². The first-order valence-corrected chi connectivity index (χ1v) is 7.46. The number of benzene rings is 1. The molecule has 0 heterocycles. The highest BCUT2D eigenvalue weighted by Crippen LogP contribution is 2.28. The van der Waals surface area contributed by atoms with E-state index in [0.717, 1.165) is 6.26 Å². The van der Waals surface area contributed by atoms with E-state index in [1.54, 1.807) is 13.0 Å². The predicted molar refractivity (Wildman–Crippen MR) is 68.6 cm³/mol. The number of hydrogen-bond acceptors (Lipinski definition) is 3. The highest BCUT2D eigenvalue weighted by Gasteiger charge is 2.19. The molecule has 1 aromatic carbocycles. The number of rotatable bonds is 3. The van der Waals surface area contributed by atoms with E-state index in [-0.39, 0.29) is 16.4 Å². The zero-order chi connectivity index (χ0) is 13.4. The van der Waals surface area contributed by atoms with Gasteiger partial charge in [-0.15, -0.1) is 0 Å². The highest BCUT2D eigenvalue weighted by atomic mass is 35.5. The maximum absolute atomic E-state index is 11.7. The number of carbonyl (C=O) groups excluding carboxylic acids is 1. The van der Waals surface area contributed by atoms with Gasteiger partial charge in [0.25, 0.3) is 5.24 Å². The smallest absolute Gasteiger partial charge is 0.252 e. The van der Waals surface area contributed by atoms with E-state index >= 15 is 0 Å². The third kappa shape index (κ3) is 3.07. The molecule has 0 saturated heterocycles. The van der Waals surface area contributed by atoms with E-state index in [1.165, 1.54) is 6.07 Å². The van der Waals surface area contributed by atoms with Gasteiger partial charge in [0.2, 0.25) is 0 Å². The minimum atomic E-state index is -3.36. The first-order valence-electron chi connectivity index (χ1n) is 5.19. The zero-order valence-electron chi connectivity index (χ0n) is 10.2. The fourth-order valence-corrected chi connectivity index (χ4v) is 2.95. The van der Waals surface area contributed by atoms with E-state index in [1.807, 2.05) is 13.8 Å². The van der Waals surface area contributed by atoms with E-state index in [0.29, 0.717) is 11.1 Å². The first kappa shape index (κ1) is 14.2. The second-order valence-electron chi connectivity index (χ2n) is 4.41. The molecular weight excluding hydrogens is 260 g/mol. The third-order valence-electron chi connectivity index (χ3n) is 2.59. The van der Waals surface area contributed by atoms with Crippen LogP contribution in [0, 0.1) is 6.92 Å². The van der Waals surface area contributed by atoms with Gasteiger partial charge in [-0.1, -0.05) is 19.9 Å². The lowest BCUT2D eigenvalue weighted by molar-refractivity contribution is 0.108. The van der Waals surface area contributed by atoms with E-state index in [4.69, 9.17) is 11.6 Å². The molecule has 0 saturated carbocycles. The molecule has 1 rings (SSSR count). The molecular formula is C12H15ClO3S. The van der Waals surface area contributed by atoms with Crippen LogP contribution in [0.15, 0.2) is 17.0 Å². The lowest BCUT2D eigenvalue weighted by Gasteiger charge is -2.14. The van der Waals surface area contributed by atoms with Gasteiger partial charge in [0.05, 0.1) is 4.90 Å². The lowest BCUT2D eigenvalue weighted by Crippen LogP contribution is -2.07. The molecule has 0 fully saturated rings. The Morgan fingerprint density at radius 1 is 1.29 bits per heavy atom. The summed E-state index contributed by atoms with van der Waals surface area (Å²) in [7, 11) is -3.36. The van der Waals surface area contributed by atoms with Gasteiger partial charge in [-0.3, -0.25) is 4.79 Å². The molecule has 0 aromatic heterocycles. The average molecular weight is 275 g/mol. The Kier molecular flexibility index (Phi) is 3.99. The first-order chi connectivity index (χ1) is 7.64. The lowest BCUT2D eigenvalue weighted by atomic mass is 9.98. The molecule has 94 valence electrons. The molecule has 0 N–H and O–H groups in total. The van der Waals surface area contributed by atoms with Crippen LogP contribution in [0.5, 0.6) is 0 Å². The molecule has 0 atom stereocenters. The second-order valence-corrected chi connectivity index (χ2v) is 6.73. The normalized spacial score (nSPS) is 11.9. The average Bonchev–Trinajstić information content (AvgIpc) is 2.14. The Balaban J connectivity index is 3.66. The van der Waals surface area contributed by atoms with Crippen molar-refractivity contribution in [2.75, 3.05) is 6.26 Å². The van der Waals surface area contributed by atoms with Crippen LogP contribution in [0.1, 0.15) is 41.3 Å². The van der Waals surface area contributed by atoms with Crippen LogP contribution in [-0.4, -0.2) is 19.9 Å². The van der Waals surface area contributed by atoms with Crippen LogP contribution in [0.25, 0.3) is 0 Å². The number of sulfone groups is 1. The quantitative estimate of drug-likeness (QED) is 0.797. The fraction of sp³-hybridized carbons (Fsp3) is 0.417. The van der Waals surface area contributed by atoms with Crippen molar-refractivity contribution in [1.82, 2.24) is 0 Å². The van der Waals surface area contributed by atoms with Crippen molar-refractivity contribution in [2.24, 2.45) is 0 Å². The molecule has 1 aromatic rings. The summed E-state index contributed by atoms with van der Waals surface area (Å²) in [5.41, 5.74) is 1.66. The Labute approximate surface area is 107 Å². The topological polar surface area (TPSA) is 51.2 Å². The molecule has 0 spiro atoms. The van der Waals surface area contributed by atoms with Crippen molar-refractivity contribution >= 4 is 26.7 Å². The molecule has 0 radical (unpaired) electrons. The van der Waals surface area contributed by atoms with Gasteiger partial charge >= 0.3 is 0 Å². The Hall–Kier alpha value is -0.870. The SMILES string of the molecule is Cc1cc(C(C)C)c(S(C)(=O)=O)cc1C(=O)Cl. The Bertz CT molecular complexity index is 559. The largest absolute Gasteiger partial charge is 0.276 e. The van der Waals surface area contributed by atoms with E-state index in [2.05, 4.69) is 0 Å². The van der Waals surface area contributed by atoms with Crippen LogP contribution in [0.2, 0.25) is 0 Å². The summed E-state index contributed by atoms with van der Waals surface area (Å²) in [6.07, 6.45) is 1.13. The molecule has 5 heteroatoms. The number of hydrogen-bond donors (Lipinski definition) is 0. The van der Waals surface area contributed by atoms with Crippen LogP contribution in [0.3, 0.4) is 0 Å². The van der Waals surface area contributed by atoms with Gasteiger partial charge in [0.15, 0.2) is 9.84 Å². The second kappa shape index (κ2) is 4.78. The molecule has 0 aliphatic rings. The van der Waals surface area contributed by atoms with Crippen LogP contribution in [0.4, 0.5) is 0 Å². The number of carbonyl (C=O) groups is 1. The zero-order valence-corrected chi connectivity index (χ0v) is 11.8. The highest BCUT2D eigenvalue weighted by molar-refractivity contribution is 7.90. The van der Waals surface area contributed by atoms with E-state index < -0.39 is 15.1 Å². The molecule has 3 nitrogen and oxygen atoms in total. The minimum Gasteiger partial charge on any atom is -0.276 e. The number of halogens is 1. The van der Waals surface area contributed by atoms with E-state index in [9.17, 15) is 13.2 Å². The summed E-state index contributed by atoms with van der Waals surface area (Å²) in [4.78, 5) is 11.4. The standard InChI is InChI=1S/C12H15ClO3S/c1-7(2)9-5-8(3)10(12(13)14)6-11(9)17(4,15)16/h5-7H,1-4H3. The molecule has 0 aliphatic heterocycles. The summed E-state index contributed by atoms with van der Waals surface area (Å²) in [6, 6.07) is 3.09. The monoisotopic (exact) mass is 274 g/mol. The van der Waals surface area contributed by atoms with Crippen LogP contribution < -0.4 is 0 Å². The summed E-state index contributed by atoms with van der Waals surface area (Å²) in [5, 5.41) is -0.636. The molecule has 0 amide bonds. The van der Waals surface area contributed by atoms with Crippen LogP contribution in [-0.2, 0) is 9.84 Å². The Morgan fingerprint density at radius 3 is 2.18 bits per heavy atom. The minimum absolute atomic E-state index is 0.0675. The fourth-order valence-electron chi connectivity index (χ4n) is 1.69. The van der Waals surface area contributed by atoms with Gasteiger partial charge in [-0.25, -0.2) is 8.42 Å². The van der Waals surface area contributed by atoms with Crippen molar-refractivity contribution in [3.8, 4) is 0 Å². The van der Waals surface area contributed by atoms with Gasteiger partial charge < -0.3 is 0 Å². The van der Waals surface area contributed by atoms with Crippen LogP contribution >= 0.6 is 11.6 Å². The Morgan fingerprint density at radius 2 is 1.82 bits per heavy atom. The van der Waals surface area contributed by atoms with Crippen molar-refractivity contribution in [3.05, 3.63) is 28.8 Å². The predicted octanol–water partition coefficient (Wildman–Crippen LogP) is 2.90. The van der Waals surface area contributed by atoms with Gasteiger partial charge in [-0.05, 0) is 41.6 Å². The van der Waals surface area contributed by atoms with Crippen molar-refractivity contribution < 1.29 is 13.2 Å². The maximum Gasteiger partial charge on any atom is 0.252 e.